The topological polar surface area (TPSA) is 94.2 Å². The molecule has 0 aliphatic carbocycles. The van der Waals surface area contributed by atoms with Gasteiger partial charge < -0.3 is 21.2 Å². The van der Waals surface area contributed by atoms with Crippen LogP contribution in [0.5, 0.6) is 0 Å². The summed E-state index contributed by atoms with van der Waals surface area (Å²) in [5.74, 6) is 0.201. The van der Waals surface area contributed by atoms with Crippen LogP contribution in [0.3, 0.4) is 0 Å². The van der Waals surface area contributed by atoms with Crippen molar-refractivity contribution in [2.24, 2.45) is 10.9 Å². The SMILES string of the molecule is CC(C(N)=NO)N1CCN(C(=O)NC(C)(C)C)CC1. The maximum absolute atomic E-state index is 12.0. The van der Waals surface area contributed by atoms with Crippen LogP contribution in [-0.2, 0) is 0 Å². The molecule has 0 aromatic carbocycles. The van der Waals surface area contributed by atoms with Crippen molar-refractivity contribution in [3.63, 3.8) is 0 Å². The number of carbonyl (C=O) groups is 1. The van der Waals surface area contributed by atoms with E-state index in [1.807, 2.05) is 27.7 Å². The van der Waals surface area contributed by atoms with E-state index in [-0.39, 0.29) is 23.4 Å². The third-order valence-corrected chi connectivity index (χ3v) is 3.17. The van der Waals surface area contributed by atoms with Gasteiger partial charge in [0.05, 0.1) is 6.04 Å². The Morgan fingerprint density at radius 2 is 1.84 bits per heavy atom. The summed E-state index contributed by atoms with van der Waals surface area (Å²) in [6.45, 7) is 10.5. The molecule has 1 saturated heterocycles. The third kappa shape index (κ3) is 4.59. The molecule has 0 aromatic heterocycles. The van der Waals surface area contributed by atoms with Gasteiger partial charge in [0.15, 0.2) is 5.84 Å². The lowest BCUT2D eigenvalue weighted by Crippen LogP contribution is -2.57. The second-order valence-corrected chi connectivity index (χ2v) is 5.90. The van der Waals surface area contributed by atoms with E-state index in [2.05, 4.69) is 15.4 Å². The van der Waals surface area contributed by atoms with E-state index in [0.29, 0.717) is 13.1 Å². The van der Waals surface area contributed by atoms with Gasteiger partial charge in [0, 0.05) is 31.7 Å². The van der Waals surface area contributed by atoms with Crippen LogP contribution in [0.15, 0.2) is 5.16 Å². The van der Waals surface area contributed by atoms with Crippen molar-refractivity contribution in [1.29, 1.82) is 0 Å². The fourth-order valence-corrected chi connectivity index (χ4v) is 1.98. The number of nitrogens with zero attached hydrogens (tertiary/aromatic N) is 3. The highest BCUT2D eigenvalue weighted by Crippen LogP contribution is 2.08. The molecule has 1 rings (SSSR count). The fourth-order valence-electron chi connectivity index (χ4n) is 1.98. The standard InChI is InChI=1S/C12H25N5O2/c1-9(10(13)15-19)16-5-7-17(8-6-16)11(18)14-12(2,3)4/h9,19H,5-8H2,1-4H3,(H2,13,15)(H,14,18). The van der Waals surface area contributed by atoms with E-state index >= 15 is 0 Å². The van der Waals surface area contributed by atoms with Crippen molar-refractivity contribution in [2.75, 3.05) is 26.2 Å². The Balaban J connectivity index is 2.47. The summed E-state index contributed by atoms with van der Waals surface area (Å²) in [5.41, 5.74) is 5.36. The van der Waals surface area contributed by atoms with E-state index in [1.54, 1.807) is 4.90 Å². The smallest absolute Gasteiger partial charge is 0.317 e. The Morgan fingerprint density at radius 1 is 1.32 bits per heavy atom. The Labute approximate surface area is 114 Å². The maximum atomic E-state index is 12.0. The summed E-state index contributed by atoms with van der Waals surface area (Å²) < 4.78 is 0. The number of nitrogens with one attached hydrogen (secondary N) is 1. The number of carbonyl (C=O) groups excluding carboxylic acids is 1. The van der Waals surface area contributed by atoms with Crippen LogP contribution in [0.4, 0.5) is 4.79 Å². The van der Waals surface area contributed by atoms with Gasteiger partial charge in [-0.1, -0.05) is 5.16 Å². The minimum absolute atomic E-state index is 0.0383. The summed E-state index contributed by atoms with van der Waals surface area (Å²) in [4.78, 5) is 15.9. The molecule has 7 heteroatoms. The molecular weight excluding hydrogens is 246 g/mol. The molecule has 0 bridgehead atoms. The predicted molar refractivity (Wildman–Crippen MR) is 74.3 cm³/mol. The highest BCUT2D eigenvalue weighted by Gasteiger charge is 2.27. The first-order valence-electron chi connectivity index (χ1n) is 6.53. The molecule has 4 N–H and O–H groups in total. The van der Waals surface area contributed by atoms with Gasteiger partial charge in [-0.05, 0) is 27.7 Å². The average Bonchev–Trinajstić information content (AvgIpc) is 2.35. The molecule has 2 amide bonds. The van der Waals surface area contributed by atoms with Crippen LogP contribution in [0.25, 0.3) is 0 Å². The largest absolute Gasteiger partial charge is 0.409 e. The molecule has 1 unspecified atom stereocenters. The molecule has 110 valence electrons. The minimum atomic E-state index is -0.227. The molecule has 19 heavy (non-hydrogen) atoms. The highest BCUT2D eigenvalue weighted by atomic mass is 16.4. The summed E-state index contributed by atoms with van der Waals surface area (Å²) in [5, 5.41) is 14.6. The van der Waals surface area contributed by atoms with Gasteiger partial charge in [0.1, 0.15) is 0 Å². The molecule has 1 atom stereocenters. The monoisotopic (exact) mass is 271 g/mol. The zero-order valence-corrected chi connectivity index (χ0v) is 12.2. The van der Waals surface area contributed by atoms with Gasteiger partial charge in [-0.25, -0.2) is 4.79 Å². The third-order valence-electron chi connectivity index (χ3n) is 3.17. The highest BCUT2D eigenvalue weighted by molar-refractivity contribution is 5.84. The lowest BCUT2D eigenvalue weighted by molar-refractivity contribution is 0.126. The Hall–Kier alpha value is -1.50. The van der Waals surface area contributed by atoms with E-state index in [1.165, 1.54) is 0 Å². The molecule has 0 spiro atoms. The first-order chi connectivity index (χ1) is 8.74. The van der Waals surface area contributed by atoms with E-state index in [4.69, 9.17) is 10.9 Å². The molecule has 0 saturated carbocycles. The number of urea groups is 1. The molecule has 1 fully saturated rings. The van der Waals surface area contributed by atoms with Crippen LogP contribution >= 0.6 is 0 Å². The number of nitrogens with two attached hydrogens (primary N) is 1. The Kier molecular flexibility index (Phi) is 4.99. The molecule has 1 heterocycles. The molecule has 0 radical (unpaired) electrons. The van der Waals surface area contributed by atoms with Gasteiger partial charge in [-0.2, -0.15) is 0 Å². The first-order valence-corrected chi connectivity index (χ1v) is 6.53. The molecule has 0 aromatic rings. The van der Waals surface area contributed by atoms with Crippen LogP contribution < -0.4 is 11.1 Å². The zero-order valence-electron chi connectivity index (χ0n) is 12.2. The van der Waals surface area contributed by atoms with Crippen LogP contribution in [0.1, 0.15) is 27.7 Å². The number of rotatable bonds is 2. The summed E-state index contributed by atoms with van der Waals surface area (Å²) in [7, 11) is 0. The summed E-state index contributed by atoms with van der Waals surface area (Å²) in [6.07, 6.45) is 0. The van der Waals surface area contributed by atoms with E-state index in [9.17, 15) is 4.79 Å². The predicted octanol–water partition coefficient (Wildman–Crippen LogP) is 0.247. The van der Waals surface area contributed by atoms with Gasteiger partial charge in [-0.3, -0.25) is 4.90 Å². The number of amidine groups is 1. The second-order valence-electron chi connectivity index (χ2n) is 5.90. The normalized spacial score (nSPS) is 20.2. The summed E-state index contributed by atoms with van der Waals surface area (Å²) >= 11 is 0. The van der Waals surface area contributed by atoms with Crippen LogP contribution in [-0.4, -0.2) is 64.6 Å². The zero-order chi connectivity index (χ0) is 14.6. The van der Waals surface area contributed by atoms with Gasteiger partial charge in [0.25, 0.3) is 0 Å². The number of amides is 2. The van der Waals surface area contributed by atoms with E-state index < -0.39 is 0 Å². The van der Waals surface area contributed by atoms with Crippen molar-refractivity contribution in [3.05, 3.63) is 0 Å². The van der Waals surface area contributed by atoms with Crippen molar-refractivity contribution < 1.29 is 10.0 Å². The fraction of sp³-hybridized carbons (Fsp3) is 0.833. The number of hydrogen-bond donors (Lipinski definition) is 3. The molecular formula is C12H25N5O2. The van der Waals surface area contributed by atoms with Gasteiger partial charge >= 0.3 is 6.03 Å². The Bertz CT molecular complexity index is 343. The van der Waals surface area contributed by atoms with Gasteiger partial charge in [-0.15, -0.1) is 0 Å². The lowest BCUT2D eigenvalue weighted by atomic mass is 10.1. The number of oxime groups is 1. The lowest BCUT2D eigenvalue weighted by Gasteiger charge is -2.38. The van der Waals surface area contributed by atoms with Crippen molar-refractivity contribution in [1.82, 2.24) is 15.1 Å². The van der Waals surface area contributed by atoms with Gasteiger partial charge in [0.2, 0.25) is 0 Å². The van der Waals surface area contributed by atoms with E-state index in [0.717, 1.165) is 13.1 Å². The number of hydrogen-bond acceptors (Lipinski definition) is 4. The average molecular weight is 271 g/mol. The van der Waals surface area contributed by atoms with Crippen molar-refractivity contribution in [2.45, 2.75) is 39.3 Å². The second kappa shape index (κ2) is 6.10. The first kappa shape index (κ1) is 15.6. The maximum Gasteiger partial charge on any atom is 0.317 e. The Morgan fingerprint density at radius 3 is 2.26 bits per heavy atom. The minimum Gasteiger partial charge on any atom is -0.409 e. The summed E-state index contributed by atoms with van der Waals surface area (Å²) in [6, 6.07) is -0.151. The molecule has 1 aliphatic heterocycles. The molecule has 7 nitrogen and oxygen atoms in total. The molecule has 1 aliphatic rings. The quantitative estimate of drug-likeness (QED) is 0.290. The van der Waals surface area contributed by atoms with Crippen LogP contribution in [0, 0.1) is 0 Å². The van der Waals surface area contributed by atoms with Crippen molar-refractivity contribution in [3.8, 4) is 0 Å². The van der Waals surface area contributed by atoms with Crippen LogP contribution in [0.2, 0.25) is 0 Å². The number of piperazine rings is 1. The van der Waals surface area contributed by atoms with Crippen molar-refractivity contribution >= 4 is 11.9 Å².